The highest BCUT2D eigenvalue weighted by Gasteiger charge is 2.15. The first-order valence-electron chi connectivity index (χ1n) is 11.9. The van der Waals surface area contributed by atoms with Crippen LogP contribution in [-0.2, 0) is 0 Å². The van der Waals surface area contributed by atoms with E-state index in [0.29, 0.717) is 0 Å². The van der Waals surface area contributed by atoms with Gasteiger partial charge in [0.2, 0.25) is 0 Å². The Bertz CT molecular complexity index is 1600. The molecule has 6 rings (SSSR count). The molecular formula is C33H26N2. The van der Waals surface area contributed by atoms with E-state index in [4.69, 9.17) is 0 Å². The van der Waals surface area contributed by atoms with Crippen molar-refractivity contribution in [2.75, 3.05) is 16.8 Å². The van der Waals surface area contributed by atoms with Crippen LogP contribution in [0, 0.1) is 0 Å². The van der Waals surface area contributed by atoms with Gasteiger partial charge in [-0.15, -0.1) is 0 Å². The van der Waals surface area contributed by atoms with Crippen LogP contribution < -0.4 is 9.80 Å². The molecule has 35 heavy (non-hydrogen) atoms. The lowest BCUT2D eigenvalue weighted by Crippen LogP contribution is -2.12. The van der Waals surface area contributed by atoms with Crippen molar-refractivity contribution in [3.05, 3.63) is 140 Å². The summed E-state index contributed by atoms with van der Waals surface area (Å²) in [5.41, 5.74) is 5.76. The van der Waals surface area contributed by atoms with Crippen molar-refractivity contribution in [3.63, 3.8) is 0 Å². The quantitative estimate of drug-likeness (QED) is 0.258. The van der Waals surface area contributed by atoms with E-state index in [0.717, 1.165) is 17.1 Å². The number of benzene rings is 6. The Morgan fingerprint density at radius 2 is 0.971 bits per heavy atom. The second-order valence-electron chi connectivity index (χ2n) is 8.78. The molecule has 0 spiro atoms. The molecule has 0 aliphatic rings. The molecule has 0 radical (unpaired) electrons. The second-order valence-corrected chi connectivity index (χ2v) is 8.78. The van der Waals surface area contributed by atoms with Crippen molar-refractivity contribution in [3.8, 4) is 0 Å². The fraction of sp³-hybridized carbons (Fsp3) is 0.0303. The highest BCUT2D eigenvalue weighted by molar-refractivity contribution is 5.99. The number of hydrogen-bond acceptors (Lipinski definition) is 2. The Hall–Kier alpha value is -4.56. The minimum atomic E-state index is 1.13. The molecule has 0 aromatic heterocycles. The van der Waals surface area contributed by atoms with Gasteiger partial charge >= 0.3 is 0 Å². The van der Waals surface area contributed by atoms with Gasteiger partial charge in [0.15, 0.2) is 0 Å². The number of para-hydroxylation sites is 1. The SMILES string of the molecule is CN(c1ccc(N(c2ccccc2)c2cccc3ccccc23)cc1)c1ccc2ccccc2c1. The molecule has 0 aliphatic heterocycles. The summed E-state index contributed by atoms with van der Waals surface area (Å²) in [6, 6.07) is 49.6. The van der Waals surface area contributed by atoms with E-state index in [1.807, 2.05) is 0 Å². The van der Waals surface area contributed by atoms with Crippen LogP contribution in [0.4, 0.5) is 28.4 Å². The highest BCUT2D eigenvalue weighted by atomic mass is 15.1. The van der Waals surface area contributed by atoms with Gasteiger partial charge in [-0.3, -0.25) is 0 Å². The van der Waals surface area contributed by atoms with Crippen LogP contribution in [0.3, 0.4) is 0 Å². The molecule has 0 saturated heterocycles. The minimum absolute atomic E-state index is 1.13. The van der Waals surface area contributed by atoms with Gasteiger partial charge in [-0.25, -0.2) is 0 Å². The molecule has 0 fully saturated rings. The van der Waals surface area contributed by atoms with Crippen molar-refractivity contribution >= 4 is 50.0 Å². The maximum absolute atomic E-state index is 2.34. The van der Waals surface area contributed by atoms with Crippen LogP contribution in [0.2, 0.25) is 0 Å². The monoisotopic (exact) mass is 450 g/mol. The van der Waals surface area contributed by atoms with Gasteiger partial charge in [-0.05, 0) is 70.8 Å². The summed E-state index contributed by atoms with van der Waals surface area (Å²) in [5, 5.41) is 4.98. The van der Waals surface area contributed by atoms with Gasteiger partial charge < -0.3 is 9.80 Å². The lowest BCUT2D eigenvalue weighted by atomic mass is 10.1. The van der Waals surface area contributed by atoms with E-state index in [1.54, 1.807) is 0 Å². The van der Waals surface area contributed by atoms with Crippen LogP contribution >= 0.6 is 0 Å². The minimum Gasteiger partial charge on any atom is -0.345 e. The third-order valence-corrected chi connectivity index (χ3v) is 6.64. The summed E-state index contributed by atoms with van der Waals surface area (Å²) >= 11 is 0. The van der Waals surface area contributed by atoms with Crippen LogP contribution in [0.1, 0.15) is 0 Å². The van der Waals surface area contributed by atoms with E-state index in [1.165, 1.54) is 32.9 Å². The van der Waals surface area contributed by atoms with Crippen LogP contribution in [0.5, 0.6) is 0 Å². The summed E-state index contributed by atoms with van der Waals surface area (Å²) in [6.07, 6.45) is 0. The molecule has 0 amide bonds. The molecule has 0 aliphatic carbocycles. The number of hydrogen-bond donors (Lipinski definition) is 0. The third-order valence-electron chi connectivity index (χ3n) is 6.64. The number of nitrogens with zero attached hydrogens (tertiary/aromatic N) is 2. The zero-order valence-electron chi connectivity index (χ0n) is 19.7. The number of anilines is 5. The van der Waals surface area contributed by atoms with Gasteiger partial charge in [0.1, 0.15) is 0 Å². The highest BCUT2D eigenvalue weighted by Crippen LogP contribution is 2.39. The molecule has 0 saturated carbocycles. The molecule has 2 heteroatoms. The maximum Gasteiger partial charge on any atom is 0.0540 e. The molecule has 168 valence electrons. The fourth-order valence-corrected chi connectivity index (χ4v) is 4.77. The van der Waals surface area contributed by atoms with E-state index in [2.05, 4.69) is 156 Å². The second kappa shape index (κ2) is 9.00. The maximum atomic E-state index is 2.34. The molecule has 0 atom stereocenters. The summed E-state index contributed by atoms with van der Waals surface area (Å²) in [7, 11) is 2.12. The Morgan fingerprint density at radius 1 is 0.400 bits per heavy atom. The third kappa shape index (κ3) is 4.00. The van der Waals surface area contributed by atoms with Crippen molar-refractivity contribution in [1.29, 1.82) is 0 Å². The van der Waals surface area contributed by atoms with Crippen LogP contribution in [0.15, 0.2) is 140 Å². The zero-order chi connectivity index (χ0) is 23.6. The molecule has 6 aromatic carbocycles. The Morgan fingerprint density at radius 3 is 1.77 bits per heavy atom. The Kier molecular flexibility index (Phi) is 5.40. The molecular weight excluding hydrogens is 424 g/mol. The van der Waals surface area contributed by atoms with E-state index in [9.17, 15) is 0 Å². The van der Waals surface area contributed by atoms with E-state index >= 15 is 0 Å². The van der Waals surface area contributed by atoms with Crippen molar-refractivity contribution < 1.29 is 0 Å². The molecule has 0 heterocycles. The predicted octanol–water partition coefficient (Wildman–Crippen LogP) is 9.23. The number of rotatable bonds is 5. The first-order chi connectivity index (χ1) is 17.3. The molecule has 2 nitrogen and oxygen atoms in total. The van der Waals surface area contributed by atoms with Crippen LogP contribution in [0.25, 0.3) is 21.5 Å². The summed E-state index contributed by atoms with van der Waals surface area (Å²) in [5.74, 6) is 0. The fourth-order valence-electron chi connectivity index (χ4n) is 4.77. The van der Waals surface area contributed by atoms with E-state index in [-0.39, 0.29) is 0 Å². The normalized spacial score (nSPS) is 11.0. The molecule has 0 bridgehead atoms. The summed E-state index contributed by atoms with van der Waals surface area (Å²) in [4.78, 5) is 4.57. The van der Waals surface area contributed by atoms with Crippen molar-refractivity contribution in [1.82, 2.24) is 0 Å². The van der Waals surface area contributed by atoms with Gasteiger partial charge in [0, 0.05) is 35.2 Å². The first kappa shape index (κ1) is 21.0. The average Bonchev–Trinajstić information content (AvgIpc) is 2.94. The predicted molar refractivity (Wildman–Crippen MR) is 151 cm³/mol. The van der Waals surface area contributed by atoms with Crippen LogP contribution in [-0.4, -0.2) is 7.05 Å². The molecule has 0 unspecified atom stereocenters. The number of fused-ring (bicyclic) bond motifs is 2. The lowest BCUT2D eigenvalue weighted by Gasteiger charge is -2.28. The Labute approximate surface area is 206 Å². The Balaban J connectivity index is 1.40. The van der Waals surface area contributed by atoms with Gasteiger partial charge in [0.25, 0.3) is 0 Å². The van der Waals surface area contributed by atoms with Gasteiger partial charge in [0.05, 0.1) is 5.69 Å². The summed E-state index contributed by atoms with van der Waals surface area (Å²) < 4.78 is 0. The smallest absolute Gasteiger partial charge is 0.0540 e. The molecule has 6 aromatic rings. The lowest BCUT2D eigenvalue weighted by molar-refractivity contribution is 1.21. The standard InChI is InChI=1S/C33H26N2/c1-34(31-19-18-25-10-5-6-12-27(25)24-31)28-20-22-30(23-21-28)35(29-14-3-2-4-15-29)33-17-9-13-26-11-7-8-16-32(26)33/h2-24H,1H3. The van der Waals surface area contributed by atoms with Crippen molar-refractivity contribution in [2.24, 2.45) is 0 Å². The molecule has 0 N–H and O–H groups in total. The first-order valence-corrected chi connectivity index (χ1v) is 11.9. The van der Waals surface area contributed by atoms with Crippen molar-refractivity contribution in [2.45, 2.75) is 0 Å². The largest absolute Gasteiger partial charge is 0.345 e. The van der Waals surface area contributed by atoms with Gasteiger partial charge in [-0.2, -0.15) is 0 Å². The topological polar surface area (TPSA) is 6.48 Å². The average molecular weight is 451 g/mol. The zero-order valence-corrected chi connectivity index (χ0v) is 19.7. The van der Waals surface area contributed by atoms with E-state index < -0.39 is 0 Å². The summed E-state index contributed by atoms with van der Waals surface area (Å²) in [6.45, 7) is 0. The van der Waals surface area contributed by atoms with Gasteiger partial charge in [-0.1, -0.05) is 84.9 Å².